The fourth-order valence-electron chi connectivity index (χ4n) is 4.25. The summed E-state index contributed by atoms with van der Waals surface area (Å²) in [4.78, 5) is 0. The molecular weight excluding hydrogens is 335 g/mol. The molecule has 1 aliphatic rings. The molecule has 0 spiro atoms. The van der Waals surface area contributed by atoms with Crippen molar-refractivity contribution in [2.75, 3.05) is 6.61 Å². The number of ether oxygens (including phenoxy) is 1. The van der Waals surface area contributed by atoms with Gasteiger partial charge in [-0.1, -0.05) is 90.5 Å². The van der Waals surface area contributed by atoms with Crippen molar-refractivity contribution >= 4 is 0 Å². The van der Waals surface area contributed by atoms with E-state index in [1.54, 1.807) is 6.07 Å². The molecule has 2 heteroatoms. The number of rotatable bonds is 13. The zero-order valence-electron chi connectivity index (χ0n) is 17.8. The Morgan fingerprint density at radius 1 is 0.852 bits per heavy atom. The second-order valence-electron chi connectivity index (χ2n) is 8.68. The molecule has 154 valence electrons. The van der Waals surface area contributed by atoms with Gasteiger partial charge < -0.3 is 4.74 Å². The van der Waals surface area contributed by atoms with Crippen molar-refractivity contribution in [3.8, 4) is 5.75 Å². The van der Waals surface area contributed by atoms with Crippen LogP contribution >= 0.6 is 0 Å². The van der Waals surface area contributed by atoms with E-state index < -0.39 is 0 Å². The van der Waals surface area contributed by atoms with Gasteiger partial charge in [-0.05, 0) is 48.8 Å². The van der Waals surface area contributed by atoms with Gasteiger partial charge in [-0.25, -0.2) is 4.39 Å². The summed E-state index contributed by atoms with van der Waals surface area (Å²) in [6.45, 7) is 5.22. The lowest BCUT2D eigenvalue weighted by molar-refractivity contribution is 0.289. The summed E-state index contributed by atoms with van der Waals surface area (Å²) < 4.78 is 20.1. The van der Waals surface area contributed by atoms with Gasteiger partial charge in [0.25, 0.3) is 0 Å². The maximum Gasteiger partial charge on any atom is 0.165 e. The van der Waals surface area contributed by atoms with Crippen LogP contribution in [-0.4, -0.2) is 6.61 Å². The van der Waals surface area contributed by atoms with Gasteiger partial charge in [0.15, 0.2) is 11.6 Å². The average Bonchev–Trinajstić information content (AvgIpc) is 2.68. The van der Waals surface area contributed by atoms with Crippen LogP contribution in [0.3, 0.4) is 0 Å². The SMILES string of the molecule is CCCCCCCCCCCCOc1ccc([C@H]2CC[C@H](C)CC2)cc1F. The Kier molecular flexibility index (Phi) is 10.9. The van der Waals surface area contributed by atoms with Crippen LogP contribution in [0.15, 0.2) is 18.2 Å². The second kappa shape index (κ2) is 13.2. The highest BCUT2D eigenvalue weighted by Gasteiger charge is 2.20. The molecule has 0 N–H and O–H groups in total. The highest BCUT2D eigenvalue weighted by molar-refractivity contribution is 5.31. The Balaban J connectivity index is 1.56. The van der Waals surface area contributed by atoms with E-state index in [9.17, 15) is 4.39 Å². The van der Waals surface area contributed by atoms with E-state index in [0.717, 1.165) is 17.9 Å². The zero-order valence-corrected chi connectivity index (χ0v) is 17.8. The highest BCUT2D eigenvalue weighted by atomic mass is 19.1. The van der Waals surface area contributed by atoms with Gasteiger partial charge in [0.2, 0.25) is 0 Å². The fourth-order valence-corrected chi connectivity index (χ4v) is 4.25. The predicted octanol–water partition coefficient (Wildman–Crippen LogP) is 8.42. The maximum atomic E-state index is 14.4. The quantitative estimate of drug-likeness (QED) is 0.314. The summed E-state index contributed by atoms with van der Waals surface area (Å²) in [5.74, 6) is 1.61. The first kappa shape index (κ1) is 22.2. The normalized spacial score (nSPS) is 20.0. The molecule has 0 unspecified atom stereocenters. The number of hydrogen-bond donors (Lipinski definition) is 0. The van der Waals surface area contributed by atoms with E-state index >= 15 is 0 Å². The largest absolute Gasteiger partial charge is 0.491 e. The zero-order chi connectivity index (χ0) is 19.3. The third-order valence-electron chi connectivity index (χ3n) is 6.20. The molecule has 0 amide bonds. The van der Waals surface area contributed by atoms with Gasteiger partial charge in [-0.15, -0.1) is 0 Å². The highest BCUT2D eigenvalue weighted by Crippen LogP contribution is 2.36. The first-order valence-electron chi connectivity index (χ1n) is 11.6. The van der Waals surface area contributed by atoms with Gasteiger partial charge in [0.05, 0.1) is 6.61 Å². The van der Waals surface area contributed by atoms with Crippen LogP contribution in [-0.2, 0) is 0 Å². The third-order valence-corrected chi connectivity index (χ3v) is 6.20. The first-order valence-corrected chi connectivity index (χ1v) is 11.6. The van der Waals surface area contributed by atoms with Crippen molar-refractivity contribution in [2.45, 2.75) is 110 Å². The Labute approximate surface area is 167 Å². The van der Waals surface area contributed by atoms with Crippen molar-refractivity contribution in [1.29, 1.82) is 0 Å². The van der Waals surface area contributed by atoms with Crippen molar-refractivity contribution in [2.24, 2.45) is 5.92 Å². The molecule has 1 saturated carbocycles. The van der Waals surface area contributed by atoms with Crippen LogP contribution < -0.4 is 4.74 Å². The summed E-state index contributed by atoms with van der Waals surface area (Å²) in [6, 6.07) is 5.64. The smallest absolute Gasteiger partial charge is 0.165 e. The molecule has 1 aromatic carbocycles. The second-order valence-corrected chi connectivity index (χ2v) is 8.68. The number of halogens is 1. The molecule has 0 aromatic heterocycles. The molecule has 0 aliphatic heterocycles. The molecule has 0 heterocycles. The van der Waals surface area contributed by atoms with E-state index in [4.69, 9.17) is 4.74 Å². The molecule has 0 radical (unpaired) electrons. The Hall–Kier alpha value is -1.05. The van der Waals surface area contributed by atoms with E-state index in [1.807, 2.05) is 6.07 Å². The lowest BCUT2D eigenvalue weighted by Crippen LogP contribution is -2.11. The Bertz CT molecular complexity index is 505. The van der Waals surface area contributed by atoms with Crippen LogP contribution in [0, 0.1) is 11.7 Å². The first-order chi connectivity index (χ1) is 13.2. The summed E-state index contributed by atoms with van der Waals surface area (Å²) in [6.07, 6.45) is 18.0. The van der Waals surface area contributed by atoms with Crippen LogP contribution in [0.5, 0.6) is 5.75 Å². The number of unbranched alkanes of at least 4 members (excludes halogenated alkanes) is 9. The molecule has 0 bridgehead atoms. The number of benzene rings is 1. The van der Waals surface area contributed by atoms with Gasteiger partial charge in [-0.2, -0.15) is 0 Å². The van der Waals surface area contributed by atoms with E-state index in [2.05, 4.69) is 19.9 Å². The Morgan fingerprint density at radius 2 is 1.44 bits per heavy atom. The van der Waals surface area contributed by atoms with Gasteiger partial charge >= 0.3 is 0 Å². The van der Waals surface area contributed by atoms with Crippen molar-refractivity contribution < 1.29 is 9.13 Å². The molecule has 1 aromatic rings. The molecule has 1 aliphatic carbocycles. The van der Waals surface area contributed by atoms with E-state index in [0.29, 0.717) is 18.3 Å². The topological polar surface area (TPSA) is 9.23 Å². The summed E-state index contributed by atoms with van der Waals surface area (Å²) in [7, 11) is 0. The van der Waals surface area contributed by atoms with Crippen LogP contribution in [0.1, 0.15) is 115 Å². The van der Waals surface area contributed by atoms with Gasteiger partial charge in [0, 0.05) is 0 Å². The Morgan fingerprint density at radius 3 is 2.04 bits per heavy atom. The minimum Gasteiger partial charge on any atom is -0.491 e. The molecule has 0 saturated heterocycles. The lowest BCUT2D eigenvalue weighted by atomic mass is 9.79. The molecular formula is C25H41FO. The molecule has 1 fully saturated rings. The minimum absolute atomic E-state index is 0.182. The molecule has 27 heavy (non-hydrogen) atoms. The fraction of sp³-hybridized carbons (Fsp3) is 0.760. The van der Waals surface area contributed by atoms with Gasteiger partial charge in [0.1, 0.15) is 0 Å². The standard InChI is InChI=1S/C25H41FO/c1-3-4-5-6-7-8-9-10-11-12-19-27-25-18-17-23(20-24(25)26)22-15-13-21(2)14-16-22/h17-18,20-22H,3-16,19H2,1-2H3/t21-,22-. The van der Waals surface area contributed by atoms with Gasteiger partial charge in [-0.3, -0.25) is 0 Å². The van der Waals surface area contributed by atoms with E-state index in [1.165, 1.54) is 83.5 Å². The predicted molar refractivity (Wildman–Crippen MR) is 114 cm³/mol. The average molecular weight is 377 g/mol. The van der Waals surface area contributed by atoms with E-state index in [-0.39, 0.29) is 5.82 Å². The lowest BCUT2D eigenvalue weighted by Gasteiger charge is -2.26. The summed E-state index contributed by atoms with van der Waals surface area (Å²) >= 11 is 0. The van der Waals surface area contributed by atoms with Crippen LogP contribution in [0.2, 0.25) is 0 Å². The van der Waals surface area contributed by atoms with Crippen LogP contribution in [0.4, 0.5) is 4.39 Å². The third kappa shape index (κ3) is 8.66. The van der Waals surface area contributed by atoms with Crippen LogP contribution in [0.25, 0.3) is 0 Å². The minimum atomic E-state index is -0.182. The summed E-state index contributed by atoms with van der Waals surface area (Å²) in [5.41, 5.74) is 1.16. The van der Waals surface area contributed by atoms with Crippen molar-refractivity contribution in [3.63, 3.8) is 0 Å². The number of hydrogen-bond acceptors (Lipinski definition) is 1. The van der Waals surface area contributed by atoms with Crippen molar-refractivity contribution in [3.05, 3.63) is 29.6 Å². The maximum absolute atomic E-state index is 14.4. The molecule has 1 nitrogen and oxygen atoms in total. The van der Waals surface area contributed by atoms with Crippen molar-refractivity contribution in [1.82, 2.24) is 0 Å². The monoisotopic (exact) mass is 376 g/mol. The molecule has 0 atom stereocenters. The summed E-state index contributed by atoms with van der Waals surface area (Å²) in [5, 5.41) is 0. The molecule has 2 rings (SSSR count).